The van der Waals surface area contributed by atoms with Gasteiger partial charge in [0.05, 0.1) is 11.1 Å². The van der Waals surface area contributed by atoms with Crippen LogP contribution in [-0.4, -0.2) is 21.2 Å². The molecular weight excluding hydrogens is 402 g/mol. The standard InChI is InChI=1S/C26H23N3O3/c1-17-3-6-19(7-4-17)14-28-24(30)16-29-15-22(25(31)20-9-11-27-12-10-20)26(32)21-13-18(2)5-8-23(21)29/h3-13,15H,14,16H2,1-2H3,(H,28,30). The van der Waals surface area contributed by atoms with Crippen molar-refractivity contribution in [1.82, 2.24) is 14.9 Å². The molecule has 0 fully saturated rings. The van der Waals surface area contributed by atoms with E-state index in [9.17, 15) is 14.4 Å². The zero-order chi connectivity index (χ0) is 22.7. The molecule has 1 amide bonds. The summed E-state index contributed by atoms with van der Waals surface area (Å²) in [6, 6.07) is 16.5. The molecule has 4 aromatic rings. The number of amides is 1. The molecular formula is C26H23N3O3. The molecule has 0 aliphatic rings. The highest BCUT2D eigenvalue weighted by atomic mass is 16.2. The first-order valence-electron chi connectivity index (χ1n) is 10.3. The summed E-state index contributed by atoms with van der Waals surface area (Å²) < 4.78 is 1.66. The quantitative estimate of drug-likeness (QED) is 0.479. The molecule has 0 spiro atoms. The van der Waals surface area contributed by atoms with E-state index in [-0.39, 0.29) is 23.4 Å². The van der Waals surface area contributed by atoms with E-state index in [1.54, 1.807) is 28.8 Å². The maximum Gasteiger partial charge on any atom is 0.240 e. The van der Waals surface area contributed by atoms with Gasteiger partial charge in [-0.2, -0.15) is 0 Å². The molecule has 0 atom stereocenters. The molecule has 0 aliphatic heterocycles. The van der Waals surface area contributed by atoms with Crippen LogP contribution in [0.15, 0.2) is 78.0 Å². The number of nitrogens with zero attached hydrogens (tertiary/aromatic N) is 2. The van der Waals surface area contributed by atoms with Crippen molar-refractivity contribution in [2.24, 2.45) is 0 Å². The van der Waals surface area contributed by atoms with Crippen molar-refractivity contribution in [3.63, 3.8) is 0 Å². The Balaban J connectivity index is 1.67. The van der Waals surface area contributed by atoms with Crippen LogP contribution in [0.2, 0.25) is 0 Å². The van der Waals surface area contributed by atoms with Crippen LogP contribution in [-0.2, 0) is 17.9 Å². The molecule has 0 aliphatic carbocycles. The predicted octanol–water partition coefficient (Wildman–Crippen LogP) is 3.56. The lowest BCUT2D eigenvalue weighted by atomic mass is 10.0. The lowest BCUT2D eigenvalue weighted by Crippen LogP contribution is -2.29. The highest BCUT2D eigenvalue weighted by Crippen LogP contribution is 2.16. The summed E-state index contributed by atoms with van der Waals surface area (Å²) in [5, 5.41) is 3.32. The maximum absolute atomic E-state index is 13.1. The van der Waals surface area contributed by atoms with Crippen LogP contribution in [0.25, 0.3) is 10.9 Å². The van der Waals surface area contributed by atoms with E-state index in [1.165, 1.54) is 18.6 Å². The number of aromatic nitrogens is 2. The van der Waals surface area contributed by atoms with E-state index in [4.69, 9.17) is 0 Å². The predicted molar refractivity (Wildman–Crippen MR) is 124 cm³/mol. The lowest BCUT2D eigenvalue weighted by molar-refractivity contribution is -0.121. The minimum Gasteiger partial charge on any atom is -0.350 e. The number of fused-ring (bicyclic) bond motifs is 1. The van der Waals surface area contributed by atoms with Gasteiger partial charge in [0.25, 0.3) is 0 Å². The molecule has 0 radical (unpaired) electrons. The molecule has 6 nitrogen and oxygen atoms in total. The average Bonchev–Trinajstić information content (AvgIpc) is 2.80. The summed E-state index contributed by atoms with van der Waals surface area (Å²) in [4.78, 5) is 42.8. The summed E-state index contributed by atoms with van der Waals surface area (Å²) in [6.07, 6.45) is 4.50. The smallest absolute Gasteiger partial charge is 0.240 e. The van der Waals surface area contributed by atoms with Crippen LogP contribution in [0.5, 0.6) is 0 Å². The first-order chi connectivity index (χ1) is 15.4. The third-order valence-electron chi connectivity index (χ3n) is 5.35. The van der Waals surface area contributed by atoms with Crippen molar-refractivity contribution in [3.05, 3.63) is 111 Å². The first-order valence-corrected chi connectivity index (χ1v) is 10.3. The molecule has 160 valence electrons. The number of aryl methyl sites for hydroxylation is 2. The molecule has 1 N–H and O–H groups in total. The van der Waals surface area contributed by atoms with Crippen molar-refractivity contribution in [2.45, 2.75) is 26.9 Å². The second kappa shape index (κ2) is 8.98. The molecule has 2 heterocycles. The highest BCUT2D eigenvalue weighted by Gasteiger charge is 2.18. The topological polar surface area (TPSA) is 81.1 Å². The number of benzene rings is 2. The van der Waals surface area contributed by atoms with Gasteiger partial charge in [-0.25, -0.2) is 0 Å². The Hall–Kier alpha value is -4.06. The normalized spacial score (nSPS) is 10.8. The van der Waals surface area contributed by atoms with E-state index in [1.807, 2.05) is 44.2 Å². The third kappa shape index (κ3) is 4.49. The van der Waals surface area contributed by atoms with Crippen LogP contribution >= 0.6 is 0 Å². The van der Waals surface area contributed by atoms with E-state index in [0.717, 1.165) is 16.7 Å². The van der Waals surface area contributed by atoms with E-state index in [2.05, 4.69) is 10.3 Å². The van der Waals surface area contributed by atoms with Crippen molar-refractivity contribution in [3.8, 4) is 0 Å². The minimum atomic E-state index is -0.394. The molecule has 0 saturated heterocycles. The molecule has 2 aromatic carbocycles. The summed E-state index contributed by atoms with van der Waals surface area (Å²) >= 11 is 0. The largest absolute Gasteiger partial charge is 0.350 e. The van der Waals surface area contributed by atoms with E-state index in [0.29, 0.717) is 23.0 Å². The van der Waals surface area contributed by atoms with Gasteiger partial charge in [-0.15, -0.1) is 0 Å². The number of hydrogen-bond donors (Lipinski definition) is 1. The Labute approximate surface area is 185 Å². The van der Waals surface area contributed by atoms with E-state index < -0.39 is 5.78 Å². The van der Waals surface area contributed by atoms with Crippen LogP contribution in [0.3, 0.4) is 0 Å². The second-order valence-electron chi connectivity index (χ2n) is 7.85. The average molecular weight is 425 g/mol. The number of nitrogens with one attached hydrogen (secondary N) is 1. The van der Waals surface area contributed by atoms with E-state index >= 15 is 0 Å². The highest BCUT2D eigenvalue weighted by molar-refractivity contribution is 6.10. The Morgan fingerprint density at radius 1 is 0.938 bits per heavy atom. The molecule has 2 aromatic heterocycles. The molecule has 4 rings (SSSR count). The number of pyridine rings is 2. The van der Waals surface area contributed by atoms with Crippen LogP contribution in [0, 0.1) is 13.8 Å². The second-order valence-corrected chi connectivity index (χ2v) is 7.85. The van der Waals surface area contributed by atoms with Gasteiger partial charge in [0.1, 0.15) is 6.54 Å². The number of ketones is 1. The Morgan fingerprint density at radius 3 is 2.34 bits per heavy atom. The SMILES string of the molecule is Cc1ccc(CNC(=O)Cn2cc(C(=O)c3ccncc3)c(=O)c3cc(C)ccc32)cc1. The van der Waals surface area contributed by atoms with Gasteiger partial charge in [-0.05, 0) is 43.7 Å². The Kier molecular flexibility index (Phi) is 5.94. The van der Waals surface area contributed by atoms with Gasteiger partial charge < -0.3 is 9.88 Å². The van der Waals surface area contributed by atoms with Gasteiger partial charge in [0, 0.05) is 36.1 Å². The Bertz CT molecular complexity index is 1360. The number of carbonyl (C=O) groups excluding carboxylic acids is 2. The number of hydrogen-bond acceptors (Lipinski definition) is 4. The fourth-order valence-corrected chi connectivity index (χ4v) is 3.58. The lowest BCUT2D eigenvalue weighted by Gasteiger charge is -2.14. The molecule has 0 saturated carbocycles. The first kappa shape index (κ1) is 21.2. The molecule has 6 heteroatoms. The van der Waals surface area contributed by atoms with Gasteiger partial charge in [0.2, 0.25) is 11.3 Å². The Morgan fingerprint density at radius 2 is 1.62 bits per heavy atom. The maximum atomic E-state index is 13.1. The van der Waals surface area contributed by atoms with Crippen molar-refractivity contribution < 1.29 is 9.59 Å². The molecule has 32 heavy (non-hydrogen) atoms. The summed E-state index contributed by atoms with van der Waals surface area (Å²) in [7, 11) is 0. The van der Waals surface area contributed by atoms with Crippen LogP contribution in [0.4, 0.5) is 0 Å². The van der Waals surface area contributed by atoms with Gasteiger partial charge >= 0.3 is 0 Å². The van der Waals surface area contributed by atoms with Gasteiger partial charge in [0.15, 0.2) is 5.78 Å². The zero-order valence-electron chi connectivity index (χ0n) is 18.0. The summed E-state index contributed by atoms with van der Waals surface area (Å²) in [6.45, 7) is 4.28. The fourth-order valence-electron chi connectivity index (χ4n) is 3.58. The summed E-state index contributed by atoms with van der Waals surface area (Å²) in [5.74, 6) is -0.604. The third-order valence-corrected chi connectivity index (χ3v) is 5.35. The van der Waals surface area contributed by atoms with Crippen LogP contribution in [0.1, 0.15) is 32.6 Å². The zero-order valence-corrected chi connectivity index (χ0v) is 18.0. The van der Waals surface area contributed by atoms with Gasteiger partial charge in [-0.3, -0.25) is 19.4 Å². The van der Waals surface area contributed by atoms with Gasteiger partial charge in [-0.1, -0.05) is 41.5 Å². The molecule has 0 unspecified atom stereocenters. The summed E-state index contributed by atoms with van der Waals surface area (Å²) in [5.41, 5.74) is 3.72. The van der Waals surface area contributed by atoms with Crippen LogP contribution < -0.4 is 10.7 Å². The number of rotatable bonds is 6. The van der Waals surface area contributed by atoms with Crippen molar-refractivity contribution in [1.29, 1.82) is 0 Å². The fraction of sp³-hybridized carbons (Fsp3) is 0.154. The monoisotopic (exact) mass is 425 g/mol. The minimum absolute atomic E-state index is 0.0116. The number of carbonyl (C=O) groups is 2. The van der Waals surface area contributed by atoms with Crippen molar-refractivity contribution >= 4 is 22.6 Å². The molecule has 0 bridgehead atoms. The van der Waals surface area contributed by atoms with Crippen molar-refractivity contribution in [2.75, 3.05) is 0 Å².